The summed E-state index contributed by atoms with van der Waals surface area (Å²) in [6, 6.07) is 47.8. The molecule has 6 aromatic carbocycles. The number of ether oxygens (including phenoxy) is 4. The Hall–Kier alpha value is -5.72. The first-order chi connectivity index (χ1) is 29.6. The topological polar surface area (TPSA) is 43.4 Å². The van der Waals surface area contributed by atoms with E-state index in [1.807, 2.05) is 12.1 Å². The summed E-state index contributed by atoms with van der Waals surface area (Å²) in [7, 11) is 2.15. The fourth-order valence-corrected chi connectivity index (χ4v) is 12.0. The highest BCUT2D eigenvalue weighted by Gasteiger charge is 2.58. The van der Waals surface area contributed by atoms with Crippen LogP contribution in [0, 0.1) is 18.8 Å². The highest BCUT2D eigenvalue weighted by Crippen LogP contribution is 2.66. The number of fused-ring (bicyclic) bond motifs is 2. The number of aryl methyl sites for hydroxylation is 1. The van der Waals surface area contributed by atoms with Gasteiger partial charge in [-0.1, -0.05) is 74.0 Å². The largest absolute Gasteiger partial charge is 0.478 e. The third kappa shape index (κ3) is 7.13. The van der Waals surface area contributed by atoms with Gasteiger partial charge in [-0.3, -0.25) is 4.90 Å². The van der Waals surface area contributed by atoms with Crippen molar-refractivity contribution in [3.05, 3.63) is 172 Å². The van der Waals surface area contributed by atoms with Crippen molar-refractivity contribution >= 4 is 5.69 Å². The van der Waals surface area contributed by atoms with Crippen LogP contribution in [-0.2, 0) is 29.3 Å². The molecule has 6 aromatic rings. The third-order valence-corrected chi connectivity index (χ3v) is 14.9. The van der Waals surface area contributed by atoms with Crippen LogP contribution < -0.4 is 23.8 Å². The summed E-state index contributed by atoms with van der Waals surface area (Å²) < 4.78 is 24.9. The molecule has 310 valence electrons. The molecule has 0 amide bonds. The monoisotopic (exact) mass is 808 g/mol. The second-order valence-electron chi connectivity index (χ2n) is 19.6. The summed E-state index contributed by atoms with van der Waals surface area (Å²) in [4.78, 5) is 4.60. The van der Waals surface area contributed by atoms with Gasteiger partial charge in [0.25, 0.3) is 0 Å². The lowest BCUT2D eigenvalue weighted by molar-refractivity contribution is -0.0283. The molecule has 61 heavy (non-hydrogen) atoms. The van der Waals surface area contributed by atoms with Crippen molar-refractivity contribution in [2.75, 3.05) is 25.4 Å². The molecular weight excluding hydrogens is 753 g/mol. The van der Waals surface area contributed by atoms with E-state index >= 15 is 0 Å². The predicted octanol–water partition coefficient (Wildman–Crippen LogP) is 12.8. The summed E-state index contributed by atoms with van der Waals surface area (Å²) in [5.41, 5.74) is 10.8. The van der Waals surface area contributed by atoms with Gasteiger partial charge in [0, 0.05) is 35.3 Å². The molecule has 12 rings (SSSR count). The van der Waals surface area contributed by atoms with Crippen LogP contribution in [0.25, 0.3) is 0 Å². The summed E-state index contributed by atoms with van der Waals surface area (Å²) in [5.74, 6) is 6.98. The summed E-state index contributed by atoms with van der Waals surface area (Å²) in [6.07, 6.45) is 7.92. The number of anilines is 1. The van der Waals surface area contributed by atoms with E-state index in [9.17, 15) is 0 Å². The lowest BCUT2D eigenvalue weighted by atomic mass is 9.41. The Morgan fingerprint density at radius 3 is 1.54 bits per heavy atom. The maximum Gasteiger partial charge on any atom is 0.161 e. The lowest BCUT2D eigenvalue weighted by Gasteiger charge is -2.63. The predicted molar refractivity (Wildman–Crippen MR) is 242 cm³/mol. The Kier molecular flexibility index (Phi) is 9.23. The van der Waals surface area contributed by atoms with Crippen molar-refractivity contribution in [3.8, 4) is 34.5 Å². The fraction of sp³-hybridized carbons (Fsp3) is 0.345. The van der Waals surface area contributed by atoms with Gasteiger partial charge >= 0.3 is 0 Å². The molecule has 6 nitrogen and oxygen atoms in total. The standard InChI is InChI=1S/C55H56N2O4/c1-37-5-15-47(16-6-37)60-48-17-7-42(8-18-48)53(2,3)43-9-19-49(20-10-43)61-50-21-13-46(14-22-50)57-33-41-27-45(12-24-52(41)59-36-57)55-30-38-25-39(31-55)29-54(28-38,34-55)44-11-23-51-40(26-44)32-56(4)35-58-51/h5-24,26-27,38-39H,25,28-36H2,1-4H3. The summed E-state index contributed by atoms with van der Waals surface area (Å²) in [6.45, 7) is 9.58. The molecule has 2 aliphatic heterocycles. The van der Waals surface area contributed by atoms with Gasteiger partial charge in [-0.15, -0.1) is 0 Å². The van der Waals surface area contributed by atoms with Crippen LogP contribution in [-0.4, -0.2) is 25.4 Å². The van der Waals surface area contributed by atoms with Crippen LogP contribution in [0.5, 0.6) is 34.5 Å². The second kappa shape index (κ2) is 14.7. The van der Waals surface area contributed by atoms with E-state index in [0.29, 0.717) is 13.5 Å². The molecule has 4 fully saturated rings. The molecule has 4 bridgehead atoms. The zero-order valence-electron chi connectivity index (χ0n) is 36.0. The van der Waals surface area contributed by atoms with E-state index < -0.39 is 0 Å². The molecule has 2 unspecified atom stereocenters. The maximum atomic E-state index is 6.42. The van der Waals surface area contributed by atoms with Gasteiger partial charge in [-0.25, -0.2) is 0 Å². The van der Waals surface area contributed by atoms with Crippen LogP contribution in [0.15, 0.2) is 133 Å². The number of nitrogens with zero attached hydrogens (tertiary/aromatic N) is 2. The van der Waals surface area contributed by atoms with Crippen molar-refractivity contribution in [1.82, 2.24) is 4.90 Å². The molecule has 0 radical (unpaired) electrons. The van der Waals surface area contributed by atoms with Gasteiger partial charge in [0.15, 0.2) is 6.73 Å². The normalized spacial score (nSPS) is 24.0. The molecule has 4 saturated carbocycles. The van der Waals surface area contributed by atoms with Gasteiger partial charge in [-0.05, 0) is 176 Å². The smallest absolute Gasteiger partial charge is 0.161 e. The summed E-state index contributed by atoms with van der Waals surface area (Å²) in [5, 5.41) is 0. The minimum Gasteiger partial charge on any atom is -0.478 e. The van der Waals surface area contributed by atoms with E-state index in [0.717, 1.165) is 65.1 Å². The van der Waals surface area contributed by atoms with Gasteiger partial charge in [-0.2, -0.15) is 0 Å². The van der Waals surface area contributed by atoms with Crippen molar-refractivity contribution in [2.24, 2.45) is 11.8 Å². The lowest BCUT2D eigenvalue weighted by Crippen LogP contribution is -2.56. The highest BCUT2D eigenvalue weighted by atomic mass is 16.5. The molecule has 0 N–H and O–H groups in total. The number of hydrogen-bond acceptors (Lipinski definition) is 6. The first kappa shape index (κ1) is 38.2. The molecule has 6 aliphatic rings. The Balaban J connectivity index is 0.754. The quantitative estimate of drug-likeness (QED) is 0.145. The minimum atomic E-state index is -0.189. The molecular formula is C55H56N2O4. The second-order valence-corrected chi connectivity index (χ2v) is 19.6. The fourth-order valence-electron chi connectivity index (χ4n) is 12.0. The molecule has 0 spiro atoms. The van der Waals surface area contributed by atoms with E-state index in [1.165, 1.54) is 71.9 Å². The van der Waals surface area contributed by atoms with Gasteiger partial charge in [0.1, 0.15) is 41.2 Å². The van der Waals surface area contributed by atoms with Gasteiger partial charge in [0.05, 0.1) is 0 Å². The van der Waals surface area contributed by atoms with Crippen LogP contribution in [0.3, 0.4) is 0 Å². The van der Waals surface area contributed by atoms with Crippen LogP contribution in [0.1, 0.15) is 91.3 Å². The molecule has 0 aromatic heterocycles. The Morgan fingerprint density at radius 1 is 0.557 bits per heavy atom. The Morgan fingerprint density at radius 2 is 1.02 bits per heavy atom. The van der Waals surface area contributed by atoms with Crippen molar-refractivity contribution in [3.63, 3.8) is 0 Å². The number of benzene rings is 6. The SMILES string of the molecule is Cc1ccc(Oc2ccc(C(C)(C)c3ccc(Oc4ccc(N5COc6ccc(C78CC9CC(CC(c%10ccc%11c(c%10)CN(C)CO%11)(C9)C7)C8)cc6C5)cc4)cc3)cc2)cc1. The van der Waals surface area contributed by atoms with Crippen molar-refractivity contribution < 1.29 is 18.9 Å². The highest BCUT2D eigenvalue weighted by molar-refractivity contribution is 5.54. The van der Waals surface area contributed by atoms with E-state index in [2.05, 4.69) is 159 Å². The summed E-state index contributed by atoms with van der Waals surface area (Å²) >= 11 is 0. The average Bonchev–Trinajstić information content (AvgIpc) is 3.27. The van der Waals surface area contributed by atoms with Gasteiger partial charge in [0.2, 0.25) is 0 Å². The zero-order chi connectivity index (χ0) is 41.3. The van der Waals surface area contributed by atoms with Crippen LogP contribution in [0.2, 0.25) is 0 Å². The first-order valence-corrected chi connectivity index (χ1v) is 22.3. The molecule has 4 aliphatic carbocycles. The average molecular weight is 809 g/mol. The van der Waals surface area contributed by atoms with E-state index in [4.69, 9.17) is 18.9 Å². The molecule has 2 heterocycles. The van der Waals surface area contributed by atoms with Crippen molar-refractivity contribution in [1.29, 1.82) is 0 Å². The first-order valence-electron chi connectivity index (χ1n) is 22.3. The Labute approximate surface area is 361 Å². The van der Waals surface area contributed by atoms with Crippen molar-refractivity contribution in [2.45, 2.75) is 88.6 Å². The van der Waals surface area contributed by atoms with E-state index in [-0.39, 0.29) is 16.2 Å². The maximum absolute atomic E-state index is 6.42. The molecule has 2 atom stereocenters. The zero-order valence-corrected chi connectivity index (χ0v) is 36.0. The molecule has 0 saturated heterocycles. The Bertz CT molecular complexity index is 2550. The van der Waals surface area contributed by atoms with Gasteiger partial charge < -0.3 is 23.8 Å². The van der Waals surface area contributed by atoms with Crippen LogP contribution >= 0.6 is 0 Å². The minimum absolute atomic E-state index is 0.189. The van der Waals surface area contributed by atoms with Crippen LogP contribution in [0.4, 0.5) is 5.69 Å². The van der Waals surface area contributed by atoms with E-state index in [1.54, 1.807) is 5.56 Å². The third-order valence-electron chi connectivity index (χ3n) is 14.9. The number of hydrogen-bond donors (Lipinski definition) is 0. The number of rotatable bonds is 9. The molecule has 6 heteroatoms.